The minimum atomic E-state index is -4.67. The Balaban J connectivity index is 1.65. The molecule has 1 aromatic carbocycles. The van der Waals surface area contributed by atoms with Crippen molar-refractivity contribution in [2.75, 3.05) is 0 Å². The van der Waals surface area contributed by atoms with Crippen molar-refractivity contribution in [3.8, 4) is 0 Å². The molecule has 1 unspecified atom stereocenters. The number of benzene rings is 1. The van der Waals surface area contributed by atoms with Gasteiger partial charge in [-0.15, -0.1) is 0 Å². The lowest BCUT2D eigenvalue weighted by atomic mass is 10.1. The summed E-state index contributed by atoms with van der Waals surface area (Å²) in [6, 6.07) is 6.26. The molecule has 3 aromatic heterocycles. The van der Waals surface area contributed by atoms with E-state index in [0.717, 1.165) is 30.8 Å². The van der Waals surface area contributed by atoms with Gasteiger partial charge in [-0.05, 0) is 30.2 Å². The molecule has 154 valence electrons. The Hall–Kier alpha value is -3.76. The van der Waals surface area contributed by atoms with E-state index in [-0.39, 0.29) is 11.6 Å². The summed E-state index contributed by atoms with van der Waals surface area (Å²) >= 11 is 0. The molecule has 0 aliphatic rings. The number of H-pyrrole nitrogens is 1. The van der Waals surface area contributed by atoms with Crippen molar-refractivity contribution >= 4 is 16.9 Å². The van der Waals surface area contributed by atoms with Crippen molar-refractivity contribution in [2.24, 2.45) is 5.73 Å². The number of rotatable bonds is 6. The minimum absolute atomic E-state index is 0.0867. The van der Waals surface area contributed by atoms with Gasteiger partial charge in [-0.2, -0.15) is 13.2 Å². The number of aromatic amines is 1. The summed E-state index contributed by atoms with van der Waals surface area (Å²) in [7, 11) is 0. The zero-order chi connectivity index (χ0) is 21.3. The van der Waals surface area contributed by atoms with E-state index in [1.165, 1.54) is 0 Å². The lowest BCUT2D eigenvalue weighted by Crippen LogP contribution is -2.26. The van der Waals surface area contributed by atoms with Crippen LogP contribution < -0.4 is 5.73 Å². The molecule has 3 heterocycles. The zero-order valence-electron chi connectivity index (χ0n) is 15.5. The average molecular weight is 415 g/mol. The van der Waals surface area contributed by atoms with Gasteiger partial charge in [0.1, 0.15) is 17.3 Å². The third kappa shape index (κ3) is 4.00. The second kappa shape index (κ2) is 7.58. The summed E-state index contributed by atoms with van der Waals surface area (Å²) in [5, 5.41) is 0. The van der Waals surface area contributed by atoms with Crippen LogP contribution in [-0.2, 0) is 23.9 Å². The lowest BCUT2D eigenvalue weighted by Gasteiger charge is -2.11. The van der Waals surface area contributed by atoms with Gasteiger partial charge >= 0.3 is 6.18 Å². The van der Waals surface area contributed by atoms with Crippen LogP contribution in [0, 0.1) is 0 Å². The Labute approximate surface area is 168 Å². The molecule has 11 heteroatoms. The number of carbonyl (C=O) groups is 1. The first-order valence-corrected chi connectivity index (χ1v) is 8.95. The maximum atomic E-state index is 13.0. The highest BCUT2D eigenvalue weighted by molar-refractivity contribution is 5.85. The molecular formula is C19H16F3N7O. The Kier molecular flexibility index (Phi) is 4.94. The SMILES string of the molecule is NC(=O)C(c1nccc(C(F)(F)F)n1)c1nc2ccc(CCn3ccnc3)cc2[nH]1. The number of nitrogens with two attached hydrogens (primary N) is 1. The third-order valence-electron chi connectivity index (χ3n) is 4.56. The highest BCUT2D eigenvalue weighted by atomic mass is 19.4. The molecule has 4 aromatic rings. The Morgan fingerprint density at radius 3 is 2.73 bits per heavy atom. The molecule has 0 aliphatic carbocycles. The number of alkyl halides is 3. The molecule has 0 saturated carbocycles. The summed E-state index contributed by atoms with van der Waals surface area (Å²) in [5.41, 5.74) is 6.48. The number of primary amides is 1. The Morgan fingerprint density at radius 2 is 2.03 bits per heavy atom. The highest BCUT2D eigenvalue weighted by Gasteiger charge is 2.35. The van der Waals surface area contributed by atoms with Gasteiger partial charge in [0.15, 0.2) is 5.92 Å². The van der Waals surface area contributed by atoms with Gasteiger partial charge in [-0.1, -0.05) is 6.07 Å². The van der Waals surface area contributed by atoms with Crippen LogP contribution >= 0.6 is 0 Å². The van der Waals surface area contributed by atoms with E-state index in [0.29, 0.717) is 11.0 Å². The van der Waals surface area contributed by atoms with Gasteiger partial charge in [0.05, 0.1) is 17.4 Å². The zero-order valence-corrected chi connectivity index (χ0v) is 15.5. The normalized spacial score (nSPS) is 12.9. The van der Waals surface area contributed by atoms with Crippen molar-refractivity contribution in [2.45, 2.75) is 25.1 Å². The summed E-state index contributed by atoms with van der Waals surface area (Å²) in [6.07, 6.45) is 2.29. The number of hydrogen-bond donors (Lipinski definition) is 2. The highest BCUT2D eigenvalue weighted by Crippen LogP contribution is 2.29. The number of nitrogens with one attached hydrogen (secondary N) is 1. The van der Waals surface area contributed by atoms with Crippen LogP contribution in [0.3, 0.4) is 0 Å². The quantitative estimate of drug-likeness (QED) is 0.502. The number of aromatic nitrogens is 6. The molecule has 1 amide bonds. The van der Waals surface area contributed by atoms with Crippen LogP contribution in [0.1, 0.15) is 28.8 Å². The summed E-state index contributed by atoms with van der Waals surface area (Å²) < 4.78 is 40.9. The molecule has 1 atom stereocenters. The van der Waals surface area contributed by atoms with Crippen molar-refractivity contribution in [1.82, 2.24) is 29.5 Å². The van der Waals surface area contributed by atoms with Gasteiger partial charge in [0.2, 0.25) is 5.91 Å². The van der Waals surface area contributed by atoms with Gasteiger partial charge in [-0.3, -0.25) is 4.79 Å². The summed E-state index contributed by atoms with van der Waals surface area (Å²) in [5.74, 6) is -2.52. The number of carbonyl (C=O) groups excluding carboxylic acids is 1. The van der Waals surface area contributed by atoms with E-state index in [1.807, 2.05) is 22.9 Å². The summed E-state index contributed by atoms with van der Waals surface area (Å²) in [6.45, 7) is 0.731. The number of aryl methyl sites for hydroxylation is 2. The van der Waals surface area contributed by atoms with Gasteiger partial charge in [0, 0.05) is 25.1 Å². The molecule has 0 bridgehead atoms. The molecule has 4 rings (SSSR count). The van der Waals surface area contributed by atoms with Crippen LogP contribution in [-0.4, -0.2) is 35.4 Å². The maximum Gasteiger partial charge on any atom is 0.433 e. The molecule has 0 radical (unpaired) electrons. The van der Waals surface area contributed by atoms with Crippen molar-refractivity contribution < 1.29 is 18.0 Å². The largest absolute Gasteiger partial charge is 0.433 e. The molecule has 30 heavy (non-hydrogen) atoms. The van der Waals surface area contributed by atoms with E-state index in [4.69, 9.17) is 5.73 Å². The van der Waals surface area contributed by atoms with E-state index in [2.05, 4.69) is 24.9 Å². The number of hydrogen-bond acceptors (Lipinski definition) is 5. The molecular weight excluding hydrogens is 399 g/mol. The number of imidazole rings is 2. The topological polar surface area (TPSA) is 115 Å². The smallest absolute Gasteiger partial charge is 0.369 e. The van der Waals surface area contributed by atoms with Crippen LogP contribution in [0.25, 0.3) is 11.0 Å². The summed E-state index contributed by atoms with van der Waals surface area (Å²) in [4.78, 5) is 30.6. The van der Waals surface area contributed by atoms with Gasteiger partial charge < -0.3 is 15.3 Å². The third-order valence-corrected chi connectivity index (χ3v) is 4.56. The van der Waals surface area contributed by atoms with Crippen molar-refractivity contribution in [3.05, 3.63) is 72.1 Å². The first-order chi connectivity index (χ1) is 14.3. The van der Waals surface area contributed by atoms with Crippen LogP contribution in [0.2, 0.25) is 0 Å². The van der Waals surface area contributed by atoms with Crippen LogP contribution in [0.15, 0.2) is 49.2 Å². The predicted octanol–water partition coefficient (Wildman–Crippen LogP) is 2.43. The minimum Gasteiger partial charge on any atom is -0.369 e. The molecule has 3 N–H and O–H groups in total. The van der Waals surface area contributed by atoms with Crippen LogP contribution in [0.4, 0.5) is 13.2 Å². The lowest BCUT2D eigenvalue weighted by molar-refractivity contribution is -0.141. The van der Waals surface area contributed by atoms with E-state index in [9.17, 15) is 18.0 Å². The second-order valence-corrected chi connectivity index (χ2v) is 6.66. The molecule has 0 aliphatic heterocycles. The fraction of sp³-hybridized carbons (Fsp3) is 0.211. The van der Waals surface area contributed by atoms with Crippen molar-refractivity contribution in [1.29, 1.82) is 0 Å². The van der Waals surface area contributed by atoms with Gasteiger partial charge in [0.25, 0.3) is 0 Å². The van der Waals surface area contributed by atoms with E-state index in [1.54, 1.807) is 18.6 Å². The first kappa shape index (κ1) is 19.6. The Morgan fingerprint density at radius 1 is 1.20 bits per heavy atom. The van der Waals surface area contributed by atoms with E-state index < -0.39 is 23.7 Å². The molecule has 0 fully saturated rings. The molecule has 0 spiro atoms. The monoisotopic (exact) mass is 415 g/mol. The predicted molar refractivity (Wildman–Crippen MR) is 100 cm³/mol. The second-order valence-electron chi connectivity index (χ2n) is 6.66. The standard InChI is InChI=1S/C19H16F3N7O/c20-19(21,22)14-3-5-25-17(28-14)15(16(23)30)18-26-12-2-1-11(9-13(12)27-18)4-7-29-8-6-24-10-29/h1-3,5-6,8-10,15H,4,7H2,(H2,23,30)(H,26,27). The van der Waals surface area contributed by atoms with Gasteiger partial charge in [-0.25, -0.2) is 19.9 Å². The number of nitrogens with zero attached hydrogens (tertiary/aromatic N) is 5. The number of halogens is 3. The molecule has 8 nitrogen and oxygen atoms in total. The number of amides is 1. The fourth-order valence-corrected chi connectivity index (χ4v) is 3.10. The average Bonchev–Trinajstić information content (AvgIpc) is 3.35. The van der Waals surface area contributed by atoms with Crippen molar-refractivity contribution in [3.63, 3.8) is 0 Å². The Bertz CT molecular complexity index is 1180. The van der Waals surface area contributed by atoms with Crippen LogP contribution in [0.5, 0.6) is 0 Å². The first-order valence-electron chi connectivity index (χ1n) is 8.95. The van der Waals surface area contributed by atoms with E-state index >= 15 is 0 Å². The fourth-order valence-electron chi connectivity index (χ4n) is 3.10. The maximum absolute atomic E-state index is 13.0. The number of fused-ring (bicyclic) bond motifs is 1. The molecule has 0 saturated heterocycles.